The lowest BCUT2D eigenvalue weighted by atomic mass is 10.1. The number of carbonyl (C=O) groups is 1. The van der Waals surface area contributed by atoms with Crippen LogP contribution in [-0.4, -0.2) is 17.9 Å². The first kappa shape index (κ1) is 22.8. The first-order chi connectivity index (χ1) is 15.3. The fourth-order valence-electron chi connectivity index (χ4n) is 2.95. The molecule has 1 N–H and O–H groups in total. The van der Waals surface area contributed by atoms with Gasteiger partial charge in [0, 0.05) is 23.8 Å². The molecule has 0 aliphatic heterocycles. The molecule has 0 aromatic heterocycles. The first-order valence-electron chi connectivity index (χ1n) is 9.25. The van der Waals surface area contributed by atoms with E-state index < -0.39 is 10.8 Å². The molecule has 0 radical (unpaired) electrons. The van der Waals surface area contributed by atoms with Crippen molar-refractivity contribution in [3.63, 3.8) is 0 Å². The van der Waals surface area contributed by atoms with Gasteiger partial charge in [-0.3, -0.25) is 14.9 Å². The van der Waals surface area contributed by atoms with Crippen LogP contribution >= 0.6 is 23.2 Å². The van der Waals surface area contributed by atoms with Gasteiger partial charge in [0.05, 0.1) is 15.6 Å². The highest BCUT2D eigenvalue weighted by Gasteiger charge is 2.19. The number of nitriles is 1. The Kier molecular flexibility index (Phi) is 7.11. The van der Waals surface area contributed by atoms with Crippen molar-refractivity contribution >= 4 is 57.9 Å². The summed E-state index contributed by atoms with van der Waals surface area (Å²) in [5.41, 5.74) is 1.35. The number of anilines is 3. The van der Waals surface area contributed by atoms with Gasteiger partial charge in [-0.2, -0.15) is 5.26 Å². The molecule has 0 heterocycles. The predicted molar refractivity (Wildman–Crippen MR) is 126 cm³/mol. The van der Waals surface area contributed by atoms with Crippen LogP contribution in [0.4, 0.5) is 22.7 Å². The summed E-state index contributed by atoms with van der Waals surface area (Å²) >= 11 is 11.9. The topological polar surface area (TPSA) is 99.3 Å². The highest BCUT2D eigenvalue weighted by molar-refractivity contribution is 6.36. The molecule has 160 valence electrons. The van der Waals surface area contributed by atoms with Crippen molar-refractivity contribution in [1.29, 1.82) is 5.26 Å². The SMILES string of the molecule is CN(c1ccccc1)c1ccc(C=C(C#N)C(=O)Nc2ccc(Cl)cc2Cl)cc1[N+](=O)[O-]. The maximum absolute atomic E-state index is 12.5. The molecule has 3 rings (SSSR count). The Morgan fingerprint density at radius 1 is 1.12 bits per heavy atom. The van der Waals surface area contributed by atoms with E-state index in [1.807, 2.05) is 36.4 Å². The summed E-state index contributed by atoms with van der Waals surface area (Å²) in [6.45, 7) is 0. The van der Waals surface area contributed by atoms with Crippen molar-refractivity contribution in [2.24, 2.45) is 0 Å². The van der Waals surface area contributed by atoms with Crippen molar-refractivity contribution in [2.45, 2.75) is 0 Å². The van der Waals surface area contributed by atoms with Crippen molar-refractivity contribution in [3.8, 4) is 6.07 Å². The van der Waals surface area contributed by atoms with E-state index in [4.69, 9.17) is 23.2 Å². The van der Waals surface area contributed by atoms with E-state index in [1.165, 1.54) is 24.3 Å². The van der Waals surface area contributed by atoms with Gasteiger partial charge in [-0.1, -0.05) is 47.5 Å². The molecule has 0 spiro atoms. The molecule has 7 nitrogen and oxygen atoms in total. The average Bonchev–Trinajstić information content (AvgIpc) is 2.79. The van der Waals surface area contributed by atoms with Gasteiger partial charge in [0.25, 0.3) is 11.6 Å². The Bertz CT molecular complexity index is 1250. The summed E-state index contributed by atoms with van der Waals surface area (Å²) in [6, 6.07) is 20.0. The summed E-state index contributed by atoms with van der Waals surface area (Å²) in [4.78, 5) is 25.4. The summed E-state index contributed by atoms with van der Waals surface area (Å²) in [6.07, 6.45) is 1.28. The Morgan fingerprint density at radius 2 is 1.84 bits per heavy atom. The number of nitrogens with one attached hydrogen (secondary N) is 1. The van der Waals surface area contributed by atoms with Gasteiger partial charge >= 0.3 is 0 Å². The third-order valence-corrected chi connectivity index (χ3v) is 5.10. The van der Waals surface area contributed by atoms with Crippen LogP contribution in [0.2, 0.25) is 10.0 Å². The van der Waals surface area contributed by atoms with Gasteiger partial charge in [0.1, 0.15) is 17.3 Å². The number of halogens is 2. The molecule has 3 aromatic rings. The highest BCUT2D eigenvalue weighted by atomic mass is 35.5. The molecule has 0 atom stereocenters. The van der Waals surface area contributed by atoms with Crippen LogP contribution in [0, 0.1) is 21.4 Å². The van der Waals surface area contributed by atoms with E-state index in [0.29, 0.717) is 16.3 Å². The molecule has 0 fully saturated rings. The fraction of sp³-hybridized carbons (Fsp3) is 0.0435. The van der Waals surface area contributed by atoms with Gasteiger partial charge in [0.2, 0.25) is 0 Å². The lowest BCUT2D eigenvalue weighted by Crippen LogP contribution is -2.14. The van der Waals surface area contributed by atoms with Crippen LogP contribution in [0.3, 0.4) is 0 Å². The van der Waals surface area contributed by atoms with Crippen molar-refractivity contribution < 1.29 is 9.72 Å². The van der Waals surface area contributed by atoms with Gasteiger partial charge in [0.15, 0.2) is 0 Å². The molecular formula is C23H16Cl2N4O3. The minimum atomic E-state index is -0.704. The number of nitro benzene ring substituents is 1. The Morgan fingerprint density at radius 3 is 2.47 bits per heavy atom. The molecule has 3 aromatic carbocycles. The van der Waals surface area contributed by atoms with Gasteiger partial charge in [-0.25, -0.2) is 0 Å². The zero-order chi connectivity index (χ0) is 23.3. The van der Waals surface area contributed by atoms with Crippen LogP contribution in [0.1, 0.15) is 5.56 Å². The molecular weight excluding hydrogens is 451 g/mol. The summed E-state index contributed by atoms with van der Waals surface area (Å²) in [7, 11) is 1.72. The number of para-hydroxylation sites is 1. The molecule has 32 heavy (non-hydrogen) atoms. The zero-order valence-corrected chi connectivity index (χ0v) is 18.3. The lowest BCUT2D eigenvalue weighted by molar-refractivity contribution is -0.384. The minimum Gasteiger partial charge on any atom is -0.339 e. The summed E-state index contributed by atoms with van der Waals surface area (Å²) in [5.74, 6) is -0.704. The van der Waals surface area contributed by atoms with E-state index in [9.17, 15) is 20.2 Å². The van der Waals surface area contributed by atoms with Gasteiger partial charge in [-0.15, -0.1) is 0 Å². The van der Waals surface area contributed by atoms with Crippen LogP contribution in [0.25, 0.3) is 6.08 Å². The Labute approximate surface area is 194 Å². The average molecular weight is 467 g/mol. The molecule has 0 unspecified atom stereocenters. The monoisotopic (exact) mass is 466 g/mol. The molecule has 0 bridgehead atoms. The number of hydrogen-bond donors (Lipinski definition) is 1. The third kappa shape index (κ3) is 5.24. The number of hydrogen-bond acceptors (Lipinski definition) is 5. The second-order valence-corrected chi connectivity index (χ2v) is 7.49. The zero-order valence-electron chi connectivity index (χ0n) is 16.8. The molecule has 0 saturated carbocycles. The van der Waals surface area contributed by atoms with Gasteiger partial charge in [-0.05, 0) is 48.0 Å². The second-order valence-electron chi connectivity index (χ2n) is 6.65. The quantitative estimate of drug-likeness (QED) is 0.201. The number of benzene rings is 3. The fourth-order valence-corrected chi connectivity index (χ4v) is 3.40. The first-order valence-corrected chi connectivity index (χ1v) is 10.0. The van der Waals surface area contributed by atoms with E-state index in [-0.39, 0.29) is 22.0 Å². The smallest absolute Gasteiger partial charge is 0.293 e. The van der Waals surface area contributed by atoms with E-state index in [0.717, 1.165) is 5.69 Å². The number of rotatable bonds is 6. The van der Waals surface area contributed by atoms with Crippen LogP contribution in [-0.2, 0) is 4.79 Å². The predicted octanol–water partition coefficient (Wildman–Crippen LogP) is 6.22. The van der Waals surface area contributed by atoms with Crippen LogP contribution < -0.4 is 10.2 Å². The normalized spacial score (nSPS) is 10.9. The molecule has 9 heteroatoms. The van der Waals surface area contributed by atoms with E-state index >= 15 is 0 Å². The lowest BCUT2D eigenvalue weighted by Gasteiger charge is -2.19. The number of amides is 1. The van der Waals surface area contributed by atoms with Crippen molar-refractivity contribution in [3.05, 3.63) is 98.0 Å². The third-order valence-electron chi connectivity index (χ3n) is 4.56. The number of carbonyl (C=O) groups excluding carboxylic acids is 1. The molecule has 0 aliphatic rings. The maximum atomic E-state index is 12.5. The standard InChI is InChI=1S/C23H16Cl2N4O3/c1-28(18-5-3-2-4-6-18)21-10-7-15(12-22(21)29(31)32)11-16(14-26)23(30)27-20-9-8-17(24)13-19(20)25/h2-13H,1H3,(H,27,30). The van der Waals surface area contributed by atoms with Crippen LogP contribution in [0.5, 0.6) is 0 Å². The van der Waals surface area contributed by atoms with Gasteiger partial charge < -0.3 is 10.2 Å². The Balaban J connectivity index is 1.92. The largest absolute Gasteiger partial charge is 0.339 e. The van der Waals surface area contributed by atoms with Crippen molar-refractivity contribution in [1.82, 2.24) is 0 Å². The Hall–Kier alpha value is -3.86. The molecule has 1 amide bonds. The second kappa shape index (κ2) is 9.96. The minimum absolute atomic E-state index is 0.163. The molecule has 0 saturated heterocycles. The summed E-state index contributed by atoms with van der Waals surface area (Å²) < 4.78 is 0. The van der Waals surface area contributed by atoms with Crippen molar-refractivity contribution in [2.75, 3.05) is 17.3 Å². The van der Waals surface area contributed by atoms with E-state index in [1.54, 1.807) is 30.1 Å². The highest BCUT2D eigenvalue weighted by Crippen LogP contribution is 2.33. The molecule has 0 aliphatic carbocycles. The van der Waals surface area contributed by atoms with E-state index in [2.05, 4.69) is 5.32 Å². The summed E-state index contributed by atoms with van der Waals surface area (Å²) in [5, 5.41) is 24.3. The van der Waals surface area contributed by atoms with Crippen LogP contribution in [0.15, 0.2) is 72.3 Å². The number of nitrogens with zero attached hydrogens (tertiary/aromatic N) is 3. The number of nitro groups is 1. The maximum Gasteiger partial charge on any atom is 0.293 e.